The van der Waals surface area contributed by atoms with E-state index < -0.39 is 4.92 Å². The number of nitro groups is 1. The number of pyridine rings is 1. The van der Waals surface area contributed by atoms with Gasteiger partial charge in [0.15, 0.2) is 4.32 Å². The number of thioether (sulfide) groups is 1. The number of carbonyl (C=O) groups excluding carboxylic acids is 1. The molecule has 1 aromatic carbocycles. The Hall–Kier alpha value is -2.78. The van der Waals surface area contributed by atoms with E-state index in [1.807, 2.05) is 0 Å². The highest BCUT2D eigenvalue weighted by molar-refractivity contribution is 8.27. The van der Waals surface area contributed by atoms with Crippen LogP contribution in [0.1, 0.15) is 5.56 Å². The molecule has 0 N–H and O–H groups in total. The Kier molecular flexibility index (Phi) is 5.01. The van der Waals surface area contributed by atoms with Crippen LogP contribution in [0.4, 0.5) is 17.1 Å². The Morgan fingerprint density at radius 1 is 1.35 bits per heavy atom. The molecule has 0 radical (unpaired) electrons. The number of rotatable bonds is 4. The highest BCUT2D eigenvalue weighted by atomic mass is 32.2. The lowest BCUT2D eigenvalue weighted by Gasteiger charge is -2.13. The van der Waals surface area contributed by atoms with Crippen molar-refractivity contribution in [3.63, 3.8) is 0 Å². The van der Waals surface area contributed by atoms with Gasteiger partial charge in [0.2, 0.25) is 0 Å². The van der Waals surface area contributed by atoms with Crippen molar-refractivity contribution >= 4 is 57.3 Å². The molecule has 1 aromatic heterocycles. The SMILES string of the molecule is CN(C)c1ccc(/C=C2\SC(=S)N(c3cccnc3)C2=O)cc1[N+](=O)[O-]. The van der Waals surface area contributed by atoms with Crippen LogP contribution in [0.25, 0.3) is 6.08 Å². The molecule has 3 rings (SSSR count). The number of aromatic nitrogens is 1. The van der Waals surface area contributed by atoms with Gasteiger partial charge in [-0.1, -0.05) is 30.0 Å². The fraction of sp³-hybridized carbons (Fsp3) is 0.118. The molecule has 2 aromatic rings. The number of nitro benzene ring substituents is 1. The summed E-state index contributed by atoms with van der Waals surface area (Å²) in [6.07, 6.45) is 4.79. The van der Waals surface area contributed by atoms with Crippen molar-refractivity contribution in [3.05, 3.63) is 63.3 Å². The predicted molar refractivity (Wildman–Crippen MR) is 107 cm³/mol. The van der Waals surface area contributed by atoms with Gasteiger partial charge in [0.05, 0.1) is 21.7 Å². The van der Waals surface area contributed by atoms with Gasteiger partial charge < -0.3 is 4.90 Å². The predicted octanol–water partition coefficient (Wildman–Crippen LogP) is 3.46. The summed E-state index contributed by atoms with van der Waals surface area (Å²) in [7, 11) is 3.47. The number of anilines is 2. The summed E-state index contributed by atoms with van der Waals surface area (Å²) in [5, 5.41) is 11.3. The first-order valence-corrected chi connectivity index (χ1v) is 8.74. The van der Waals surface area contributed by atoms with Gasteiger partial charge in [-0.2, -0.15) is 0 Å². The third kappa shape index (κ3) is 3.44. The van der Waals surface area contributed by atoms with E-state index in [-0.39, 0.29) is 11.6 Å². The highest BCUT2D eigenvalue weighted by Gasteiger charge is 2.33. The Labute approximate surface area is 159 Å². The standard InChI is InChI=1S/C17H14N4O3S2/c1-19(2)13-6-5-11(8-14(13)21(23)24)9-15-16(22)20(17(25)26-15)12-4-3-7-18-10-12/h3-10H,1-2H3/b15-9-. The summed E-state index contributed by atoms with van der Waals surface area (Å²) < 4.78 is 0.397. The van der Waals surface area contributed by atoms with Gasteiger partial charge in [-0.3, -0.25) is 24.8 Å². The van der Waals surface area contributed by atoms with Gasteiger partial charge in [-0.25, -0.2) is 0 Å². The molecular weight excluding hydrogens is 372 g/mol. The lowest BCUT2D eigenvalue weighted by molar-refractivity contribution is -0.384. The zero-order valence-corrected chi connectivity index (χ0v) is 15.6. The fourth-order valence-corrected chi connectivity index (χ4v) is 3.78. The lowest BCUT2D eigenvalue weighted by Crippen LogP contribution is -2.27. The quantitative estimate of drug-likeness (QED) is 0.344. The molecule has 7 nitrogen and oxygen atoms in total. The summed E-state index contributed by atoms with van der Waals surface area (Å²) in [6, 6.07) is 8.31. The molecule has 132 valence electrons. The average molecular weight is 386 g/mol. The van der Waals surface area contributed by atoms with Crippen LogP contribution in [0, 0.1) is 10.1 Å². The molecule has 0 unspecified atom stereocenters. The Bertz CT molecular complexity index is 929. The average Bonchev–Trinajstić information content (AvgIpc) is 2.89. The number of hydrogen-bond acceptors (Lipinski definition) is 7. The van der Waals surface area contributed by atoms with E-state index in [2.05, 4.69) is 4.98 Å². The number of benzene rings is 1. The Balaban J connectivity index is 1.96. The maximum Gasteiger partial charge on any atom is 0.293 e. The van der Waals surface area contributed by atoms with Crippen LogP contribution >= 0.6 is 24.0 Å². The largest absolute Gasteiger partial charge is 0.372 e. The molecule has 0 atom stereocenters. The molecule has 1 aliphatic rings. The van der Waals surface area contributed by atoms with Gasteiger partial charge in [-0.05, 0) is 29.8 Å². The maximum atomic E-state index is 12.7. The van der Waals surface area contributed by atoms with Crippen molar-refractivity contribution in [2.45, 2.75) is 0 Å². The normalized spacial score (nSPS) is 15.6. The molecule has 0 bridgehead atoms. The first-order chi connectivity index (χ1) is 12.4. The second kappa shape index (κ2) is 7.22. The zero-order valence-electron chi connectivity index (χ0n) is 13.9. The van der Waals surface area contributed by atoms with E-state index >= 15 is 0 Å². The second-order valence-corrected chi connectivity index (χ2v) is 7.30. The topological polar surface area (TPSA) is 79.6 Å². The van der Waals surface area contributed by atoms with E-state index in [1.54, 1.807) is 61.7 Å². The van der Waals surface area contributed by atoms with Crippen LogP contribution < -0.4 is 9.80 Å². The van der Waals surface area contributed by atoms with Gasteiger partial charge >= 0.3 is 0 Å². The van der Waals surface area contributed by atoms with Crippen LogP contribution in [0.3, 0.4) is 0 Å². The molecule has 1 amide bonds. The highest BCUT2D eigenvalue weighted by Crippen LogP contribution is 2.36. The van der Waals surface area contributed by atoms with Crippen molar-refractivity contribution < 1.29 is 9.72 Å². The van der Waals surface area contributed by atoms with Gasteiger partial charge in [-0.15, -0.1) is 0 Å². The number of thiocarbonyl (C=S) groups is 1. The smallest absolute Gasteiger partial charge is 0.293 e. The van der Waals surface area contributed by atoms with Crippen molar-refractivity contribution in [3.8, 4) is 0 Å². The van der Waals surface area contributed by atoms with E-state index in [4.69, 9.17) is 12.2 Å². The van der Waals surface area contributed by atoms with E-state index in [0.29, 0.717) is 26.2 Å². The van der Waals surface area contributed by atoms with Crippen LogP contribution in [-0.2, 0) is 4.79 Å². The van der Waals surface area contributed by atoms with E-state index in [9.17, 15) is 14.9 Å². The molecule has 0 saturated carbocycles. The number of carbonyl (C=O) groups is 1. The minimum atomic E-state index is -0.437. The zero-order chi connectivity index (χ0) is 18.8. The number of hydrogen-bond donors (Lipinski definition) is 0. The molecule has 0 aliphatic carbocycles. The molecule has 26 heavy (non-hydrogen) atoms. The molecular formula is C17H14N4O3S2. The molecule has 2 heterocycles. The van der Waals surface area contributed by atoms with E-state index in [0.717, 1.165) is 11.8 Å². The van der Waals surface area contributed by atoms with Gasteiger partial charge in [0, 0.05) is 26.4 Å². The van der Waals surface area contributed by atoms with Gasteiger partial charge in [0.1, 0.15) is 5.69 Å². The van der Waals surface area contributed by atoms with Gasteiger partial charge in [0.25, 0.3) is 11.6 Å². The van der Waals surface area contributed by atoms with Crippen LogP contribution in [0.5, 0.6) is 0 Å². The van der Waals surface area contributed by atoms with Crippen molar-refractivity contribution in [2.24, 2.45) is 0 Å². The maximum absolute atomic E-state index is 12.7. The monoisotopic (exact) mass is 386 g/mol. The minimum absolute atomic E-state index is 0.0218. The molecule has 0 spiro atoms. The number of amides is 1. The Morgan fingerprint density at radius 2 is 2.12 bits per heavy atom. The van der Waals surface area contributed by atoms with Crippen LogP contribution in [0.15, 0.2) is 47.6 Å². The summed E-state index contributed by atoms with van der Waals surface area (Å²) in [6.45, 7) is 0. The third-order valence-corrected chi connectivity index (χ3v) is 4.98. The summed E-state index contributed by atoms with van der Waals surface area (Å²) in [5.74, 6) is -0.271. The third-order valence-electron chi connectivity index (χ3n) is 3.67. The molecule has 1 saturated heterocycles. The molecule has 1 aliphatic heterocycles. The lowest BCUT2D eigenvalue weighted by atomic mass is 10.1. The fourth-order valence-electron chi connectivity index (χ4n) is 2.48. The van der Waals surface area contributed by atoms with E-state index in [1.165, 1.54) is 11.0 Å². The summed E-state index contributed by atoms with van der Waals surface area (Å²) >= 11 is 6.46. The summed E-state index contributed by atoms with van der Waals surface area (Å²) in [5.41, 5.74) is 1.63. The first kappa shape index (κ1) is 18.0. The van der Waals surface area contributed by atoms with Crippen molar-refractivity contribution in [1.82, 2.24) is 4.98 Å². The second-order valence-electron chi connectivity index (χ2n) is 5.63. The molecule has 9 heteroatoms. The van der Waals surface area contributed by atoms with Crippen molar-refractivity contribution in [2.75, 3.05) is 23.9 Å². The van der Waals surface area contributed by atoms with Crippen LogP contribution in [-0.4, -0.2) is 34.2 Å². The first-order valence-electron chi connectivity index (χ1n) is 7.52. The van der Waals surface area contributed by atoms with Crippen LogP contribution in [0.2, 0.25) is 0 Å². The summed E-state index contributed by atoms with van der Waals surface area (Å²) in [4.78, 5) is 31.1. The minimum Gasteiger partial charge on any atom is -0.372 e. The Morgan fingerprint density at radius 3 is 2.73 bits per heavy atom. The number of nitrogens with zero attached hydrogens (tertiary/aromatic N) is 4. The van der Waals surface area contributed by atoms with Crippen molar-refractivity contribution in [1.29, 1.82) is 0 Å². The molecule has 1 fully saturated rings.